The monoisotopic (exact) mass is 97.1 g/mol. The van der Waals surface area contributed by atoms with Gasteiger partial charge in [-0.3, -0.25) is 0 Å². The second-order valence-corrected chi connectivity index (χ2v) is 2.84. The van der Waals surface area contributed by atoms with Crippen LogP contribution in [0, 0.1) is 11.8 Å². The van der Waals surface area contributed by atoms with Crippen molar-refractivity contribution in [1.82, 2.24) is 0 Å². The van der Waals surface area contributed by atoms with Gasteiger partial charge in [0.05, 0.1) is 0 Å². The van der Waals surface area contributed by atoms with Gasteiger partial charge in [-0.2, -0.15) is 0 Å². The number of hydrogen-bond donors (Lipinski definition) is 1. The van der Waals surface area contributed by atoms with E-state index in [4.69, 9.17) is 5.73 Å². The highest BCUT2D eigenvalue weighted by atomic mass is 14.8. The quantitative estimate of drug-likeness (QED) is 0.474. The van der Waals surface area contributed by atoms with Crippen LogP contribution in [0.1, 0.15) is 19.3 Å². The fourth-order valence-corrected chi connectivity index (χ4v) is 1.88. The van der Waals surface area contributed by atoms with E-state index in [1.807, 2.05) is 0 Å². The van der Waals surface area contributed by atoms with Crippen molar-refractivity contribution < 1.29 is 0 Å². The Morgan fingerprint density at radius 2 is 1.71 bits per heavy atom. The summed E-state index contributed by atoms with van der Waals surface area (Å²) in [5.74, 6) is 1.92. The van der Waals surface area contributed by atoms with E-state index < -0.39 is 0 Å². The van der Waals surface area contributed by atoms with Gasteiger partial charge < -0.3 is 5.73 Å². The van der Waals surface area contributed by atoms with Crippen molar-refractivity contribution in [2.45, 2.75) is 25.3 Å². The molecule has 2 unspecified atom stereocenters. The van der Waals surface area contributed by atoms with Crippen molar-refractivity contribution in [3.8, 4) is 0 Å². The summed E-state index contributed by atoms with van der Waals surface area (Å²) in [5.41, 5.74) is 5.67. The maximum atomic E-state index is 5.67. The van der Waals surface area contributed by atoms with Gasteiger partial charge in [-0.25, -0.2) is 0 Å². The Morgan fingerprint density at radius 3 is 2.00 bits per heavy atom. The van der Waals surface area contributed by atoms with Crippen LogP contribution < -0.4 is 5.73 Å². The molecule has 1 heteroatoms. The van der Waals surface area contributed by atoms with Crippen LogP contribution in [0.25, 0.3) is 0 Å². The van der Waals surface area contributed by atoms with Crippen LogP contribution in [-0.2, 0) is 0 Å². The fourth-order valence-electron chi connectivity index (χ4n) is 1.88. The number of hydrogen-bond acceptors (Lipinski definition) is 1. The molecule has 0 amide bonds. The maximum Gasteiger partial charge on any atom is 0.0102 e. The first-order valence-corrected chi connectivity index (χ1v) is 3.15. The zero-order valence-corrected chi connectivity index (χ0v) is 4.43. The van der Waals surface area contributed by atoms with E-state index in [0.29, 0.717) is 6.04 Å². The third kappa shape index (κ3) is 0.367. The number of fused-ring (bicyclic) bond motifs is 1. The minimum atomic E-state index is 0.619. The minimum absolute atomic E-state index is 0.619. The molecule has 7 heavy (non-hydrogen) atoms. The van der Waals surface area contributed by atoms with Gasteiger partial charge in [0.1, 0.15) is 0 Å². The Morgan fingerprint density at radius 1 is 1.14 bits per heavy atom. The second kappa shape index (κ2) is 1.03. The topological polar surface area (TPSA) is 26.0 Å². The van der Waals surface area contributed by atoms with Gasteiger partial charge in [0.2, 0.25) is 0 Å². The molecule has 0 bridgehead atoms. The second-order valence-electron chi connectivity index (χ2n) is 2.84. The lowest BCUT2D eigenvalue weighted by molar-refractivity contribution is 0.674. The van der Waals surface area contributed by atoms with Crippen molar-refractivity contribution in [1.29, 1.82) is 0 Å². The Labute approximate surface area is 43.9 Å². The summed E-state index contributed by atoms with van der Waals surface area (Å²) in [5, 5.41) is 0. The van der Waals surface area contributed by atoms with Crippen LogP contribution in [0.3, 0.4) is 0 Å². The van der Waals surface area contributed by atoms with E-state index in [-0.39, 0.29) is 0 Å². The van der Waals surface area contributed by atoms with Gasteiger partial charge in [0.25, 0.3) is 0 Å². The number of rotatable bonds is 0. The van der Waals surface area contributed by atoms with Crippen LogP contribution in [0.4, 0.5) is 0 Å². The molecule has 2 saturated carbocycles. The first-order valence-electron chi connectivity index (χ1n) is 3.15. The molecule has 2 fully saturated rings. The molecule has 0 spiro atoms. The normalized spacial score (nSPS) is 57.0. The van der Waals surface area contributed by atoms with Gasteiger partial charge in [-0.15, -0.1) is 0 Å². The van der Waals surface area contributed by atoms with Crippen molar-refractivity contribution in [3.63, 3.8) is 0 Å². The highest BCUT2D eigenvalue weighted by Gasteiger charge is 2.49. The average molecular weight is 97.2 g/mol. The van der Waals surface area contributed by atoms with E-state index in [9.17, 15) is 0 Å². The first kappa shape index (κ1) is 3.90. The molecule has 2 rings (SSSR count). The van der Waals surface area contributed by atoms with Crippen molar-refractivity contribution in [2.24, 2.45) is 17.6 Å². The van der Waals surface area contributed by atoms with E-state index in [0.717, 1.165) is 11.8 Å². The van der Waals surface area contributed by atoms with Gasteiger partial charge in [-0.1, -0.05) is 6.42 Å². The summed E-state index contributed by atoms with van der Waals surface area (Å²) in [6, 6.07) is 0.619. The molecule has 0 aromatic rings. The molecule has 0 aromatic heterocycles. The third-order valence-electron chi connectivity index (χ3n) is 2.47. The SMILES string of the molecule is NC1C2CCC[C@@H]12. The molecule has 0 radical (unpaired) electrons. The molecule has 3 atom stereocenters. The zero-order valence-electron chi connectivity index (χ0n) is 4.43. The van der Waals surface area contributed by atoms with Crippen molar-refractivity contribution >= 4 is 0 Å². The van der Waals surface area contributed by atoms with Gasteiger partial charge >= 0.3 is 0 Å². The van der Waals surface area contributed by atoms with Gasteiger partial charge in [0.15, 0.2) is 0 Å². The molecule has 40 valence electrons. The Kier molecular flexibility index (Phi) is 0.571. The molecular formula is C6H11N. The van der Waals surface area contributed by atoms with Crippen LogP contribution in [0.2, 0.25) is 0 Å². The summed E-state index contributed by atoms with van der Waals surface area (Å²) >= 11 is 0. The standard InChI is InChI=1S/C6H11N/c7-6-4-2-1-3-5(4)6/h4-6H,1-3,7H2/t4-,5?,6?/m1/s1. The third-order valence-corrected chi connectivity index (χ3v) is 2.47. The Bertz CT molecular complexity index is 80.2. The smallest absolute Gasteiger partial charge is 0.0102 e. The molecular weight excluding hydrogens is 86.1 g/mol. The molecule has 2 aliphatic carbocycles. The maximum absolute atomic E-state index is 5.67. The van der Waals surface area contributed by atoms with Crippen molar-refractivity contribution in [2.75, 3.05) is 0 Å². The first-order chi connectivity index (χ1) is 3.39. The Balaban J connectivity index is 2.06. The van der Waals surface area contributed by atoms with Crippen molar-refractivity contribution in [3.05, 3.63) is 0 Å². The van der Waals surface area contributed by atoms with E-state index in [1.54, 1.807) is 0 Å². The molecule has 0 saturated heterocycles. The van der Waals surface area contributed by atoms with Crippen LogP contribution >= 0.6 is 0 Å². The minimum Gasteiger partial charge on any atom is -0.327 e. The van der Waals surface area contributed by atoms with Crippen LogP contribution in [-0.4, -0.2) is 6.04 Å². The highest BCUT2D eigenvalue weighted by molar-refractivity contribution is 5.04. The van der Waals surface area contributed by atoms with Crippen LogP contribution in [0.15, 0.2) is 0 Å². The molecule has 2 aliphatic rings. The van der Waals surface area contributed by atoms with E-state index in [1.165, 1.54) is 19.3 Å². The summed E-state index contributed by atoms with van der Waals surface area (Å²) in [4.78, 5) is 0. The largest absolute Gasteiger partial charge is 0.327 e. The zero-order chi connectivity index (χ0) is 4.85. The predicted molar refractivity (Wildman–Crippen MR) is 28.8 cm³/mol. The van der Waals surface area contributed by atoms with Crippen LogP contribution in [0.5, 0.6) is 0 Å². The fraction of sp³-hybridized carbons (Fsp3) is 1.00. The summed E-state index contributed by atoms with van der Waals surface area (Å²) in [6.45, 7) is 0. The molecule has 0 heterocycles. The lowest BCUT2D eigenvalue weighted by Crippen LogP contribution is -2.05. The van der Waals surface area contributed by atoms with E-state index >= 15 is 0 Å². The molecule has 2 N–H and O–H groups in total. The Hall–Kier alpha value is -0.0400. The number of nitrogens with two attached hydrogens (primary N) is 1. The van der Waals surface area contributed by atoms with E-state index in [2.05, 4.69) is 0 Å². The lowest BCUT2D eigenvalue weighted by atomic mass is 10.2. The molecule has 0 aliphatic heterocycles. The van der Waals surface area contributed by atoms with Gasteiger partial charge in [0, 0.05) is 6.04 Å². The summed E-state index contributed by atoms with van der Waals surface area (Å²) in [7, 11) is 0. The lowest BCUT2D eigenvalue weighted by Gasteiger charge is -1.90. The summed E-state index contributed by atoms with van der Waals surface area (Å²) in [6.07, 6.45) is 4.29. The van der Waals surface area contributed by atoms with Gasteiger partial charge in [-0.05, 0) is 24.7 Å². The highest BCUT2D eigenvalue weighted by Crippen LogP contribution is 2.50. The predicted octanol–water partition coefficient (Wildman–Crippen LogP) is 0.744. The molecule has 1 nitrogen and oxygen atoms in total. The summed E-state index contributed by atoms with van der Waals surface area (Å²) < 4.78 is 0. The molecule has 0 aromatic carbocycles. The average Bonchev–Trinajstić information content (AvgIpc) is 2.26.